The van der Waals surface area contributed by atoms with Gasteiger partial charge >= 0.3 is 0 Å². The van der Waals surface area contributed by atoms with Gasteiger partial charge in [-0.2, -0.15) is 0 Å². The lowest BCUT2D eigenvalue weighted by Crippen LogP contribution is -2.20. The Morgan fingerprint density at radius 1 is 0.110 bits per heavy atom. The summed E-state index contributed by atoms with van der Waals surface area (Å²) in [4.78, 5) is 0. The van der Waals surface area contributed by atoms with Crippen molar-refractivity contribution in [3.63, 3.8) is 0 Å². The van der Waals surface area contributed by atoms with Gasteiger partial charge in [-0.3, -0.25) is 0 Å². The second-order valence-corrected chi connectivity index (χ2v) is 35.6. The Kier molecular flexibility index (Phi) is 21.0. The fourth-order valence-corrected chi connectivity index (χ4v) is 18.5. The second-order valence-electron chi connectivity index (χ2n) is 35.6. The van der Waals surface area contributed by atoms with Crippen LogP contribution in [0.1, 0.15) is 105 Å². The first-order chi connectivity index (χ1) is 57.2. The van der Waals surface area contributed by atoms with E-state index in [0.717, 1.165) is 0 Å². The lowest BCUT2D eigenvalue weighted by atomic mass is 9.70. The average molecular weight is 1520 g/mol. The van der Waals surface area contributed by atoms with Crippen molar-refractivity contribution >= 4 is 64.6 Å². The van der Waals surface area contributed by atoms with E-state index in [4.69, 9.17) is 0 Å². The van der Waals surface area contributed by atoms with E-state index in [9.17, 15) is 0 Å². The van der Waals surface area contributed by atoms with E-state index in [1.807, 2.05) is 0 Å². The van der Waals surface area contributed by atoms with Crippen molar-refractivity contribution in [1.82, 2.24) is 0 Å². The Labute approximate surface area is 698 Å². The van der Waals surface area contributed by atoms with Crippen molar-refractivity contribution < 1.29 is 0 Å². The van der Waals surface area contributed by atoms with Crippen molar-refractivity contribution in [1.29, 1.82) is 0 Å². The van der Waals surface area contributed by atoms with Gasteiger partial charge in [-0.05, 0) is 220 Å². The van der Waals surface area contributed by atoms with Crippen LogP contribution in [0.15, 0.2) is 400 Å². The molecule has 19 aromatic rings. The number of rotatable bonds is 10. The molecular weight excluding hydrogens is 1420 g/mol. The summed E-state index contributed by atoms with van der Waals surface area (Å²) in [7, 11) is 0. The fraction of sp³-hybridized carbons (Fsp3) is 0.136. The highest BCUT2D eigenvalue weighted by Crippen LogP contribution is 2.56. The molecular formula is C118H102. The van der Waals surface area contributed by atoms with Crippen molar-refractivity contribution in [2.75, 3.05) is 0 Å². The first-order valence-corrected chi connectivity index (χ1v) is 41.9. The smallest absolute Gasteiger partial charge is 0.00139 e. The summed E-state index contributed by atoms with van der Waals surface area (Å²) in [6, 6.07) is 146. The van der Waals surface area contributed by atoms with Crippen LogP contribution in [0.2, 0.25) is 0 Å². The van der Waals surface area contributed by atoms with E-state index >= 15 is 0 Å². The van der Waals surface area contributed by atoms with Gasteiger partial charge in [0, 0.05) is 0 Å². The van der Waals surface area contributed by atoms with Crippen LogP contribution in [0, 0.1) is 0 Å². The highest BCUT2D eigenvalue weighted by Gasteiger charge is 2.33. The van der Waals surface area contributed by atoms with E-state index in [-0.39, 0.29) is 21.7 Å². The zero-order valence-corrected chi connectivity index (χ0v) is 70.1. The van der Waals surface area contributed by atoms with Gasteiger partial charge in [0.25, 0.3) is 0 Å². The predicted molar refractivity (Wildman–Crippen MR) is 514 cm³/mol. The molecule has 0 bridgehead atoms. The monoisotopic (exact) mass is 1520 g/mol. The lowest BCUT2D eigenvalue weighted by Gasteiger charge is -2.33. The summed E-state index contributed by atoms with van der Waals surface area (Å²) in [5.41, 5.74) is 31.1. The molecule has 0 amide bonds. The van der Waals surface area contributed by atoms with Crippen molar-refractivity contribution in [3.05, 3.63) is 423 Å². The summed E-state index contributed by atoms with van der Waals surface area (Å²) in [6.07, 6.45) is 0. The zero-order chi connectivity index (χ0) is 81.5. The van der Waals surface area contributed by atoms with Crippen molar-refractivity contribution in [2.45, 2.75) is 105 Å². The van der Waals surface area contributed by atoms with Gasteiger partial charge in [-0.15, -0.1) is 0 Å². The van der Waals surface area contributed by atoms with Gasteiger partial charge in [0.2, 0.25) is 0 Å². The molecule has 0 aliphatic carbocycles. The Bertz CT molecular complexity index is 6110. The minimum Gasteiger partial charge on any atom is -0.0622 e. The van der Waals surface area contributed by atoms with Gasteiger partial charge in [0.1, 0.15) is 0 Å². The van der Waals surface area contributed by atoms with Crippen LogP contribution in [0.25, 0.3) is 176 Å². The number of benzene rings is 19. The summed E-state index contributed by atoms with van der Waals surface area (Å²) in [6.45, 7) is 28.2. The van der Waals surface area contributed by atoms with E-state index in [2.05, 4.69) is 483 Å². The van der Waals surface area contributed by atoms with Gasteiger partial charge in [0.05, 0.1) is 0 Å². The molecule has 0 aromatic heterocycles. The largest absolute Gasteiger partial charge is 0.0622 e. The van der Waals surface area contributed by atoms with Crippen molar-refractivity contribution in [3.8, 4) is 111 Å². The topological polar surface area (TPSA) is 0 Å². The first kappa shape index (κ1) is 77.3. The van der Waals surface area contributed by atoms with Crippen LogP contribution in [0.5, 0.6) is 0 Å². The molecule has 0 aliphatic heterocycles. The van der Waals surface area contributed by atoms with E-state index < -0.39 is 0 Å². The molecule has 574 valence electrons. The molecule has 0 heterocycles. The molecule has 0 saturated carbocycles. The molecule has 0 nitrogen and oxygen atoms in total. The molecule has 0 saturated heterocycles. The maximum absolute atomic E-state index is 2.36. The van der Waals surface area contributed by atoms with Gasteiger partial charge < -0.3 is 0 Å². The minimum absolute atomic E-state index is 0.00426. The normalized spacial score (nSPS) is 11.9. The van der Waals surface area contributed by atoms with E-state index in [1.54, 1.807) is 0 Å². The van der Waals surface area contributed by atoms with Gasteiger partial charge in [-0.1, -0.05) is 483 Å². The Hall–Kier alpha value is -13.3. The summed E-state index contributed by atoms with van der Waals surface area (Å²) >= 11 is 0. The van der Waals surface area contributed by atoms with Crippen LogP contribution in [0.4, 0.5) is 0 Å². The molecule has 118 heavy (non-hydrogen) atoms. The lowest BCUT2D eigenvalue weighted by molar-refractivity contribution is 0.571. The van der Waals surface area contributed by atoms with Crippen LogP contribution < -0.4 is 0 Å². The van der Waals surface area contributed by atoms with Crippen LogP contribution in [0.3, 0.4) is 0 Å². The van der Waals surface area contributed by atoms with Crippen LogP contribution >= 0.6 is 0 Å². The molecule has 0 atom stereocenters. The SMILES string of the molecule is CC(C)(C)c1cccc(C(C)(C)C)c1-c1c2ccccc2c(-c2c(C(C)(C)C)cccc2C(C)(C)C)c2ccccc12.c1ccc(-c2c3ccccc3c(-c3ccccc3)c3ccccc23)cc1.c1ccc(-c2cccc(-c3ccccc3)c2-c2c3ccccc3c(-c3c(-c4ccccc4)cccc3-c3ccccc3)c3ccccc23)cc1. The third kappa shape index (κ3) is 14.7. The summed E-state index contributed by atoms with van der Waals surface area (Å²) in [5, 5.41) is 15.5. The number of fused-ring (bicyclic) bond motifs is 6. The third-order valence-electron chi connectivity index (χ3n) is 23.7. The van der Waals surface area contributed by atoms with E-state index in [1.165, 1.54) is 198 Å². The van der Waals surface area contributed by atoms with Gasteiger partial charge in [0.15, 0.2) is 0 Å². The Balaban J connectivity index is 0.000000133. The molecule has 0 heteroatoms. The van der Waals surface area contributed by atoms with Crippen molar-refractivity contribution in [2.24, 2.45) is 0 Å². The maximum Gasteiger partial charge on any atom is -0.00139 e. The molecule has 0 aliphatic rings. The third-order valence-corrected chi connectivity index (χ3v) is 23.7. The van der Waals surface area contributed by atoms with Crippen LogP contribution in [-0.2, 0) is 21.7 Å². The minimum atomic E-state index is -0.00426. The zero-order valence-electron chi connectivity index (χ0n) is 70.1. The molecule has 0 spiro atoms. The molecule has 0 unspecified atom stereocenters. The molecule has 0 N–H and O–H groups in total. The fourth-order valence-electron chi connectivity index (χ4n) is 18.5. The van der Waals surface area contributed by atoms with Crippen LogP contribution in [-0.4, -0.2) is 0 Å². The second kappa shape index (κ2) is 32.1. The summed E-state index contributed by atoms with van der Waals surface area (Å²) in [5.74, 6) is 0. The van der Waals surface area contributed by atoms with E-state index in [0.29, 0.717) is 0 Å². The standard InChI is InChI=1S/C50H34.C42H50.C26H18/c1-5-19-35(20-6-1)39-31-17-32-40(36-21-7-2-8-22-36)47(39)49-43-27-13-15-29-45(43)50(46-30-16-14-28-44(46)49)48-41(37-23-9-3-10-24-37)33-18-34-42(48)38-25-11-4-12-26-38;1-39(2,3)31-23-17-24-32(40(4,5)6)37(31)35-27-19-13-15-21-29(27)36(30-22-16-14-20-28(30)35)38-33(41(7,8)9)25-18-26-34(38)42(10,11)12;1-3-11-19(12-4-1)25-21-15-7-9-17-23(21)26(20-13-5-2-6-14-20)24-18-10-8-16-22(24)25/h1-34H;13-26H,1-12H3;1-18H. The highest BCUT2D eigenvalue weighted by molar-refractivity contribution is 6.27. The maximum atomic E-state index is 2.36. The molecule has 0 radical (unpaired) electrons. The molecule has 19 aromatic carbocycles. The predicted octanol–water partition coefficient (Wildman–Crippen LogP) is 33.8. The average Bonchev–Trinajstić information content (AvgIpc) is 0.756. The quantitative estimate of drug-likeness (QED) is 0.120. The Morgan fingerprint density at radius 3 is 0.432 bits per heavy atom. The Morgan fingerprint density at radius 2 is 0.254 bits per heavy atom. The summed E-state index contributed by atoms with van der Waals surface area (Å²) < 4.78 is 0. The highest BCUT2D eigenvalue weighted by atomic mass is 14.4. The number of hydrogen-bond acceptors (Lipinski definition) is 0. The molecule has 19 rings (SSSR count). The number of hydrogen-bond donors (Lipinski definition) is 0. The first-order valence-electron chi connectivity index (χ1n) is 41.9. The van der Waals surface area contributed by atoms with Gasteiger partial charge in [-0.25, -0.2) is 0 Å². The molecule has 0 fully saturated rings.